The van der Waals surface area contributed by atoms with Crippen LogP contribution in [-0.4, -0.2) is 83.6 Å². The summed E-state index contributed by atoms with van der Waals surface area (Å²) in [5.74, 6) is -0.391. The fraction of sp³-hybridized carbons (Fsp3) is 0.706. The highest BCUT2D eigenvalue weighted by Gasteiger charge is 2.15. The van der Waals surface area contributed by atoms with Crippen LogP contribution in [0.15, 0.2) is 5.38 Å². The summed E-state index contributed by atoms with van der Waals surface area (Å²) in [6.07, 6.45) is 4.27. The van der Waals surface area contributed by atoms with E-state index in [1.165, 1.54) is 5.38 Å². The van der Waals surface area contributed by atoms with Crippen molar-refractivity contribution in [3.63, 3.8) is 0 Å². The predicted molar refractivity (Wildman–Crippen MR) is 106 cm³/mol. The van der Waals surface area contributed by atoms with Gasteiger partial charge in [-0.2, -0.15) is 4.37 Å². The molecular weight excluding hydrogens is 368 g/mol. The molecule has 9 nitrogen and oxygen atoms in total. The van der Waals surface area contributed by atoms with Gasteiger partial charge in [-0.05, 0) is 30.9 Å². The van der Waals surface area contributed by atoms with Crippen molar-refractivity contribution in [2.24, 2.45) is 5.73 Å². The Balaban J connectivity index is 1.47. The summed E-state index contributed by atoms with van der Waals surface area (Å²) in [4.78, 5) is 27.8. The topological polar surface area (TPSA) is 124 Å². The van der Waals surface area contributed by atoms with Crippen molar-refractivity contribution < 1.29 is 14.7 Å². The van der Waals surface area contributed by atoms with Gasteiger partial charge >= 0.3 is 6.03 Å². The molecule has 3 amide bonds. The summed E-state index contributed by atoms with van der Waals surface area (Å²) in [5.41, 5.74) is 5.45. The zero-order valence-corrected chi connectivity index (χ0v) is 16.5. The quantitative estimate of drug-likeness (QED) is 0.403. The molecule has 1 aromatic rings. The highest BCUT2D eigenvalue weighted by Crippen LogP contribution is 2.15. The van der Waals surface area contributed by atoms with Crippen LogP contribution in [-0.2, 0) is 0 Å². The number of β-amino-alcohol motifs (C(OH)–C–C–N with tert-alkyl or cyclic N) is 1. The van der Waals surface area contributed by atoms with Gasteiger partial charge in [0.25, 0.3) is 5.91 Å². The maximum atomic E-state index is 11.8. The van der Waals surface area contributed by atoms with Gasteiger partial charge < -0.3 is 21.1 Å². The lowest BCUT2D eigenvalue weighted by Gasteiger charge is -2.34. The number of hydrogen-bond acceptors (Lipinski definition) is 7. The van der Waals surface area contributed by atoms with Crippen molar-refractivity contribution >= 4 is 29.3 Å². The van der Waals surface area contributed by atoms with Gasteiger partial charge in [-0.15, -0.1) is 0 Å². The summed E-state index contributed by atoms with van der Waals surface area (Å²) in [6, 6.07) is -0.371. The number of nitrogens with one attached hydrogen (secondary N) is 2. The summed E-state index contributed by atoms with van der Waals surface area (Å²) in [7, 11) is 0. The molecule has 1 fully saturated rings. The van der Waals surface area contributed by atoms with E-state index in [9.17, 15) is 9.59 Å². The molecule has 10 heteroatoms. The van der Waals surface area contributed by atoms with Crippen LogP contribution in [0.4, 0.5) is 10.6 Å². The SMILES string of the molecule is NC(=O)c1csnc1NC(=O)NCCCCCCN1CCN(CCO)CC1. The number of anilines is 1. The molecule has 2 heterocycles. The average molecular weight is 399 g/mol. The zero-order valence-electron chi connectivity index (χ0n) is 15.7. The number of aromatic nitrogens is 1. The van der Waals surface area contributed by atoms with Crippen LogP contribution in [0.3, 0.4) is 0 Å². The van der Waals surface area contributed by atoms with Crippen molar-refractivity contribution in [3.05, 3.63) is 10.9 Å². The third-order valence-corrected chi connectivity index (χ3v) is 5.26. The molecule has 1 aliphatic heterocycles. The van der Waals surface area contributed by atoms with Crippen LogP contribution in [0.5, 0.6) is 0 Å². The molecule has 27 heavy (non-hydrogen) atoms. The molecule has 1 aliphatic rings. The highest BCUT2D eigenvalue weighted by molar-refractivity contribution is 7.04. The van der Waals surface area contributed by atoms with Crippen LogP contribution in [0.1, 0.15) is 36.0 Å². The third kappa shape index (κ3) is 7.79. The molecule has 0 aromatic carbocycles. The molecule has 0 aliphatic carbocycles. The van der Waals surface area contributed by atoms with E-state index < -0.39 is 5.91 Å². The van der Waals surface area contributed by atoms with Crippen molar-refractivity contribution in [3.8, 4) is 0 Å². The lowest BCUT2D eigenvalue weighted by molar-refractivity contribution is 0.100. The molecule has 1 aromatic heterocycles. The Morgan fingerprint density at radius 2 is 1.78 bits per heavy atom. The maximum Gasteiger partial charge on any atom is 0.320 e. The van der Waals surface area contributed by atoms with E-state index in [0.717, 1.165) is 76.5 Å². The molecule has 152 valence electrons. The van der Waals surface area contributed by atoms with Crippen molar-refractivity contribution in [1.82, 2.24) is 19.5 Å². The van der Waals surface area contributed by atoms with Crippen molar-refractivity contribution in [2.75, 3.05) is 57.7 Å². The summed E-state index contributed by atoms with van der Waals surface area (Å²) < 4.78 is 3.95. The molecular formula is C17H30N6O3S. The predicted octanol–water partition coefficient (Wildman–Crippen LogP) is 0.534. The number of amides is 3. The van der Waals surface area contributed by atoms with Crippen LogP contribution in [0, 0.1) is 0 Å². The fourth-order valence-corrected chi connectivity index (χ4v) is 3.68. The number of carbonyl (C=O) groups is 2. The smallest absolute Gasteiger partial charge is 0.320 e. The number of rotatable bonds is 11. The number of hydrogen-bond donors (Lipinski definition) is 4. The Morgan fingerprint density at radius 1 is 1.11 bits per heavy atom. The first-order valence-corrected chi connectivity index (χ1v) is 10.3. The minimum absolute atomic E-state index is 0.212. The standard InChI is InChI=1S/C17H30N6O3S/c18-15(25)14-13-27-21-16(14)20-17(26)19-5-3-1-2-4-6-22-7-9-23(10-8-22)11-12-24/h13,24H,1-12H2,(H2,18,25)(H2,19,20,21,26). The Morgan fingerprint density at radius 3 is 2.44 bits per heavy atom. The minimum Gasteiger partial charge on any atom is -0.395 e. The number of nitrogens with two attached hydrogens (primary N) is 1. The van der Waals surface area contributed by atoms with Gasteiger partial charge in [-0.25, -0.2) is 4.79 Å². The van der Waals surface area contributed by atoms with Gasteiger partial charge in [0.1, 0.15) is 0 Å². The van der Waals surface area contributed by atoms with Gasteiger partial charge in [0, 0.05) is 44.6 Å². The largest absolute Gasteiger partial charge is 0.395 e. The van der Waals surface area contributed by atoms with Gasteiger partial charge in [0.15, 0.2) is 5.82 Å². The second-order valence-corrected chi connectivity index (χ2v) is 7.27. The van der Waals surface area contributed by atoms with E-state index in [1.54, 1.807) is 0 Å². The number of primary amides is 1. The van der Waals surface area contributed by atoms with Gasteiger partial charge in [0.2, 0.25) is 0 Å². The number of piperazine rings is 1. The molecule has 5 N–H and O–H groups in total. The second kappa shape index (κ2) is 11.9. The third-order valence-electron chi connectivity index (χ3n) is 4.63. The maximum absolute atomic E-state index is 11.8. The summed E-state index contributed by atoms with van der Waals surface area (Å²) in [5, 5.41) is 15.8. The molecule has 0 bridgehead atoms. The van der Waals surface area contributed by atoms with Crippen LogP contribution < -0.4 is 16.4 Å². The van der Waals surface area contributed by atoms with Crippen LogP contribution in [0.25, 0.3) is 0 Å². The van der Waals surface area contributed by atoms with E-state index in [4.69, 9.17) is 10.8 Å². The van der Waals surface area contributed by atoms with E-state index in [0.29, 0.717) is 6.54 Å². The Hall–Kier alpha value is -1.75. The lowest BCUT2D eigenvalue weighted by atomic mass is 10.2. The summed E-state index contributed by atoms with van der Waals surface area (Å²) in [6.45, 7) is 6.94. The van der Waals surface area contributed by atoms with Gasteiger partial charge in [-0.1, -0.05) is 12.8 Å². The van der Waals surface area contributed by atoms with E-state index in [-0.39, 0.29) is 24.0 Å². The molecule has 0 unspecified atom stereocenters. The molecule has 0 spiro atoms. The number of aliphatic hydroxyl groups excluding tert-OH is 1. The van der Waals surface area contributed by atoms with Crippen LogP contribution >= 0.6 is 11.5 Å². The van der Waals surface area contributed by atoms with E-state index in [1.807, 2.05) is 0 Å². The van der Waals surface area contributed by atoms with Gasteiger partial charge in [0.05, 0.1) is 12.2 Å². The van der Waals surface area contributed by atoms with Crippen LogP contribution in [0.2, 0.25) is 0 Å². The average Bonchev–Trinajstić information content (AvgIpc) is 3.11. The van der Waals surface area contributed by atoms with E-state index >= 15 is 0 Å². The number of unbranched alkanes of at least 4 members (excludes halogenated alkanes) is 3. The first kappa shape index (κ1) is 21.5. The second-order valence-electron chi connectivity index (χ2n) is 6.64. The van der Waals surface area contributed by atoms with E-state index in [2.05, 4.69) is 24.8 Å². The molecule has 1 saturated heterocycles. The zero-order chi connectivity index (χ0) is 19.5. The fourth-order valence-electron chi connectivity index (χ4n) is 3.05. The highest BCUT2D eigenvalue weighted by atomic mass is 32.1. The lowest BCUT2D eigenvalue weighted by Crippen LogP contribution is -2.47. The number of nitrogens with zero attached hydrogens (tertiary/aromatic N) is 3. The molecule has 0 saturated carbocycles. The Bertz CT molecular complexity index is 589. The number of urea groups is 1. The first-order valence-electron chi connectivity index (χ1n) is 9.44. The summed E-state index contributed by atoms with van der Waals surface area (Å²) >= 11 is 1.08. The Labute approximate surface area is 164 Å². The van der Waals surface area contributed by atoms with Crippen molar-refractivity contribution in [1.29, 1.82) is 0 Å². The normalized spacial score (nSPS) is 15.6. The first-order chi connectivity index (χ1) is 13.1. The van der Waals surface area contributed by atoms with Gasteiger partial charge in [-0.3, -0.25) is 15.0 Å². The molecule has 0 atom stereocenters. The Kier molecular flexibility index (Phi) is 9.46. The molecule has 2 rings (SSSR count). The number of aliphatic hydroxyl groups is 1. The molecule has 0 radical (unpaired) electrons. The monoisotopic (exact) mass is 398 g/mol. The van der Waals surface area contributed by atoms with Crippen molar-refractivity contribution in [2.45, 2.75) is 25.7 Å². The number of carbonyl (C=O) groups excluding carboxylic acids is 2. The minimum atomic E-state index is -0.603.